The number of aromatic nitrogens is 3. The zero-order chi connectivity index (χ0) is 55.2. The van der Waals surface area contributed by atoms with E-state index in [4.69, 9.17) is 0 Å². The van der Waals surface area contributed by atoms with Crippen LogP contribution in [0.3, 0.4) is 0 Å². The van der Waals surface area contributed by atoms with Crippen molar-refractivity contribution < 1.29 is 98.9 Å². The Hall–Kier alpha value is 2.13. The summed E-state index contributed by atoms with van der Waals surface area (Å²) in [6, 6.07) is 17.4. The Bertz CT molecular complexity index is 1630. The van der Waals surface area contributed by atoms with E-state index in [9.17, 15) is 0 Å². The Morgan fingerprint density at radius 3 is 0.910 bits per heavy atom. The van der Waals surface area contributed by atoms with Crippen molar-refractivity contribution in [1.29, 1.82) is 0 Å². The maximum Gasteiger partial charge on any atom is 0.0886 e. The van der Waals surface area contributed by atoms with Crippen molar-refractivity contribution in [2.45, 2.75) is 263 Å². The maximum absolute atomic E-state index is 4.19. The molecule has 0 spiro atoms. The van der Waals surface area contributed by atoms with Crippen LogP contribution in [0.4, 0.5) is 0 Å². The molecule has 0 aliphatic heterocycles. The van der Waals surface area contributed by atoms with E-state index in [2.05, 4.69) is 174 Å². The predicted molar refractivity (Wildman–Crippen MR) is 346 cm³/mol. The summed E-state index contributed by atoms with van der Waals surface area (Å²) in [5.41, 5.74) is 5.22. The molecule has 13 heteroatoms. The second-order valence-electron chi connectivity index (χ2n) is 26.6. The number of nitrogens with zero attached hydrogens (tertiary/aromatic N) is 3. The van der Waals surface area contributed by atoms with E-state index >= 15 is 0 Å². The van der Waals surface area contributed by atoms with Crippen molar-refractivity contribution in [2.75, 3.05) is 24.6 Å². The summed E-state index contributed by atoms with van der Waals surface area (Å²) < 4.78 is 0. The van der Waals surface area contributed by atoms with Crippen LogP contribution in [-0.2, 0) is 105 Å². The van der Waals surface area contributed by atoms with Gasteiger partial charge in [-0.05, 0) is 227 Å². The van der Waals surface area contributed by atoms with Crippen LogP contribution in [0.1, 0.15) is 220 Å². The first-order valence-electron chi connectivity index (χ1n) is 28.5. The molecule has 2 aliphatic rings. The van der Waals surface area contributed by atoms with Gasteiger partial charge in [0, 0.05) is 159 Å². The molecule has 0 radical (unpaired) electrons. The van der Waals surface area contributed by atoms with Crippen LogP contribution in [0.2, 0.25) is 0 Å². The quantitative estimate of drug-likeness (QED) is 0.103. The molecule has 0 aromatic carbocycles. The molecule has 0 amide bonds. The number of unbranched alkanes of at least 4 members (excludes halogenated alkanes) is 1. The summed E-state index contributed by atoms with van der Waals surface area (Å²) >= 11 is 0. The fourth-order valence-electron chi connectivity index (χ4n) is 11.6. The van der Waals surface area contributed by atoms with E-state index in [-0.39, 0.29) is 131 Å². The molecule has 0 N–H and O–H groups in total. The summed E-state index contributed by atoms with van der Waals surface area (Å²) in [5.74, 6) is 0. The minimum atomic E-state index is -0.326. The van der Waals surface area contributed by atoms with Crippen molar-refractivity contribution in [2.24, 2.45) is 0 Å². The van der Waals surface area contributed by atoms with Gasteiger partial charge in [0.2, 0.25) is 0 Å². The van der Waals surface area contributed by atoms with Crippen molar-refractivity contribution in [3.63, 3.8) is 0 Å². The predicted octanol–water partition coefficient (Wildman–Crippen LogP) is 20.7. The average molecular weight is 1420 g/mol. The summed E-state index contributed by atoms with van der Waals surface area (Å²) in [6.45, 7) is 62.5. The van der Waals surface area contributed by atoms with Gasteiger partial charge in [-0.25, -0.2) is 0 Å². The molecule has 2 saturated carbocycles. The van der Waals surface area contributed by atoms with Crippen molar-refractivity contribution in [3.05, 3.63) is 114 Å². The van der Waals surface area contributed by atoms with Crippen LogP contribution >= 0.6 is 31.7 Å². The Morgan fingerprint density at radius 1 is 0.385 bits per heavy atom. The molecule has 78 heavy (non-hydrogen) atoms. The summed E-state index contributed by atoms with van der Waals surface area (Å²) in [7, 11) is -0.953. The average Bonchev–Trinajstić information content (AvgIpc) is 3.30. The van der Waals surface area contributed by atoms with E-state index in [1.54, 1.807) is 44.3 Å². The SMILES string of the molecule is [CH2-]CCC[PH+](C(C)(C)C)C(C)(C)C.[CH2-]CC[PH+](C(C)(C)C)C(C)(C)C.[CH2-]CC[PH+](C1CCCCC1)C1CCCCC1.[CH2-]C[PH+](C(C)(C)C)C(C)(C)C.[CH2-]Cc1ccccn1.[Ni].[Ni].[Ni].[Ni].[Ni].[Ni].c1ccc(-c2ccccn2)nc1. The zero-order valence-corrected chi connectivity index (χ0v) is 62.7. The molecule has 3 aromatic heterocycles. The second kappa shape index (κ2) is 49.2. The third kappa shape index (κ3) is 42.9. The van der Waals surface area contributed by atoms with E-state index in [1.807, 2.05) is 54.6 Å². The Morgan fingerprint density at radius 2 is 0.705 bits per heavy atom. The first kappa shape index (κ1) is 93.8. The molecule has 476 valence electrons. The standard InChI is InChI=1S/C15H28P.C12H26P.C11H24P.C10H8N2.C10H22P.C7H8N.6Ni/c1-2-13-16(14-9-5-3-6-10-14)15-11-7-4-8-12-15;1-8-9-10-13(11(2,3)4)12(5,6)7;1-8-9-12(10(2,3)4)11(5,6)7;1-3-7-11-9(5-1)10-6-2-4-8-12-10;1-8-11(9(2,3)4)10(5,6)7;1-2-7-5-3-4-6-8-7;;;;;;/h14-15H,1-13H2;1,8-10H2,2-7H3;1,8-9H2,2-7H3;1-8H;1,8H2,2-7H3;3-6H,1-2H2;;;;;;/q3*-1;;2*-1;;;;;;/p+4. The molecule has 0 saturated heterocycles. The van der Waals surface area contributed by atoms with Crippen LogP contribution < -0.4 is 0 Å². The van der Waals surface area contributed by atoms with Crippen LogP contribution in [0.15, 0.2) is 73.2 Å². The van der Waals surface area contributed by atoms with Gasteiger partial charge in [0.1, 0.15) is 0 Å². The molecule has 3 aromatic rings. The summed E-state index contributed by atoms with van der Waals surface area (Å²) in [6.07, 6.45) is 31.7. The summed E-state index contributed by atoms with van der Waals surface area (Å²) in [4.78, 5) is 12.4. The molecule has 2 aliphatic carbocycles. The number of rotatable bonds is 12. The Kier molecular flexibility index (Phi) is 59.1. The van der Waals surface area contributed by atoms with Crippen LogP contribution in [0, 0.1) is 34.6 Å². The van der Waals surface area contributed by atoms with Gasteiger partial charge in [-0.2, -0.15) is 6.42 Å². The number of pyridine rings is 3. The maximum atomic E-state index is 4.19. The smallest absolute Gasteiger partial charge is 0.0886 e. The Balaban J connectivity index is -0.000000154. The van der Waals surface area contributed by atoms with Crippen LogP contribution in [-0.4, -0.2) is 81.9 Å². The van der Waals surface area contributed by atoms with Gasteiger partial charge < -0.3 is 34.6 Å². The number of hydrogen-bond donors (Lipinski definition) is 0. The topological polar surface area (TPSA) is 38.7 Å². The third-order valence-electron chi connectivity index (χ3n) is 14.1. The second-order valence-corrected chi connectivity index (χ2v) is 43.2. The molecule has 0 unspecified atom stereocenters. The summed E-state index contributed by atoms with van der Waals surface area (Å²) in [5, 5.41) is 3.06. The molecule has 0 atom stereocenters. The monoisotopic (exact) mass is 1410 g/mol. The molecular formula is C65H120N3Ni6P4-. The Labute approximate surface area is 553 Å². The van der Waals surface area contributed by atoms with Gasteiger partial charge in [-0.3, -0.25) is 15.0 Å². The van der Waals surface area contributed by atoms with Crippen molar-refractivity contribution in [1.82, 2.24) is 15.0 Å². The largest absolute Gasteiger partial charge is 0.343 e. The van der Waals surface area contributed by atoms with E-state index in [0.717, 1.165) is 42.5 Å². The van der Waals surface area contributed by atoms with Gasteiger partial charge in [0.15, 0.2) is 0 Å². The molecule has 3 heterocycles. The molecule has 2 fully saturated rings. The molecule has 5 rings (SSSR count). The fraction of sp³-hybridized carbons (Fsp3) is 0.692. The van der Waals surface area contributed by atoms with Crippen LogP contribution in [0.25, 0.3) is 11.4 Å². The normalized spacial score (nSPS) is 14.0. The van der Waals surface area contributed by atoms with Gasteiger partial charge in [0.05, 0.1) is 59.8 Å². The van der Waals surface area contributed by atoms with E-state index in [0.29, 0.717) is 30.9 Å². The minimum Gasteiger partial charge on any atom is -0.343 e. The van der Waals surface area contributed by atoms with Crippen molar-refractivity contribution in [3.8, 4) is 11.4 Å². The molecule has 0 bridgehead atoms. The molecular weight excluding hydrogens is 1300 g/mol. The van der Waals surface area contributed by atoms with Gasteiger partial charge in [-0.1, -0.05) is 37.2 Å². The van der Waals surface area contributed by atoms with Crippen molar-refractivity contribution >= 4 is 31.7 Å². The first-order valence-corrected chi connectivity index (χ1v) is 35.5. The first-order chi connectivity index (χ1) is 33.4. The molecule has 3 nitrogen and oxygen atoms in total. The zero-order valence-electron chi connectivity index (χ0n) is 52.8. The number of hydrogen-bond acceptors (Lipinski definition) is 3. The van der Waals surface area contributed by atoms with Crippen LogP contribution in [0.5, 0.6) is 0 Å². The van der Waals surface area contributed by atoms with Gasteiger partial charge in [0.25, 0.3) is 0 Å². The van der Waals surface area contributed by atoms with E-state index in [1.165, 1.54) is 81.2 Å². The van der Waals surface area contributed by atoms with E-state index < -0.39 is 0 Å². The third-order valence-corrected chi connectivity index (χ3v) is 31.3. The fourth-order valence-corrected chi connectivity index (χ4v) is 28.0. The van der Waals surface area contributed by atoms with Gasteiger partial charge >= 0.3 is 0 Å². The van der Waals surface area contributed by atoms with Gasteiger partial charge in [-0.15, -0.1) is 19.3 Å². The minimum absolute atomic E-state index is 0.